The maximum atomic E-state index is 11.9. The molecule has 0 amide bonds. The van der Waals surface area contributed by atoms with Gasteiger partial charge in [0.15, 0.2) is 0 Å². The van der Waals surface area contributed by atoms with Gasteiger partial charge in [-0.25, -0.2) is 4.79 Å². The molecule has 84 valence electrons. The molecule has 1 aliphatic rings. The second kappa shape index (κ2) is 3.59. The molecular formula is C11H12N2O2S. The minimum absolute atomic E-state index is 0.129. The summed E-state index contributed by atoms with van der Waals surface area (Å²) in [5.74, 6) is 1.24. The molecule has 1 atom stereocenters. The molecule has 1 fully saturated rings. The number of nitrogens with zero attached hydrogens (tertiary/aromatic N) is 1. The lowest BCUT2D eigenvalue weighted by Crippen LogP contribution is -2.18. The van der Waals surface area contributed by atoms with Crippen LogP contribution in [-0.2, 0) is 0 Å². The van der Waals surface area contributed by atoms with E-state index >= 15 is 0 Å². The van der Waals surface area contributed by atoms with Gasteiger partial charge in [0.1, 0.15) is 11.3 Å². The molecule has 2 N–H and O–H groups in total. The van der Waals surface area contributed by atoms with Gasteiger partial charge in [-0.2, -0.15) is 0 Å². The van der Waals surface area contributed by atoms with Gasteiger partial charge in [0, 0.05) is 0 Å². The summed E-state index contributed by atoms with van der Waals surface area (Å²) >= 11 is 1.80. The topological polar surface area (TPSA) is 58.0 Å². The highest BCUT2D eigenvalue weighted by Gasteiger charge is 2.22. The Labute approximate surface area is 96.3 Å². The number of nitrogens with one attached hydrogen (secondary N) is 1. The molecule has 0 radical (unpaired) electrons. The van der Waals surface area contributed by atoms with Gasteiger partial charge < -0.3 is 10.1 Å². The molecule has 5 heteroatoms. The van der Waals surface area contributed by atoms with Crippen molar-refractivity contribution in [2.24, 2.45) is 0 Å². The first kappa shape index (κ1) is 9.84. The van der Waals surface area contributed by atoms with E-state index < -0.39 is 0 Å². The van der Waals surface area contributed by atoms with E-state index in [1.54, 1.807) is 28.5 Å². The third-order valence-corrected chi connectivity index (χ3v) is 4.28. The molecule has 1 aromatic carbocycles. The number of thioether (sulfide) groups is 1. The highest BCUT2D eigenvalue weighted by atomic mass is 32.2. The lowest BCUT2D eigenvalue weighted by atomic mass is 10.3. The largest absolute Gasteiger partial charge is 0.506 e. The van der Waals surface area contributed by atoms with Crippen molar-refractivity contribution >= 4 is 22.8 Å². The molecule has 3 rings (SSSR count). The quantitative estimate of drug-likeness (QED) is 0.796. The Bertz CT molecular complexity index is 581. The number of rotatable bonds is 1. The molecule has 0 spiro atoms. The summed E-state index contributed by atoms with van der Waals surface area (Å²) in [5, 5.41) is 9.87. The fourth-order valence-corrected chi connectivity index (χ4v) is 3.48. The number of phenols is 1. The van der Waals surface area contributed by atoms with Crippen LogP contribution in [-0.4, -0.2) is 20.4 Å². The summed E-state index contributed by atoms with van der Waals surface area (Å²) in [6.45, 7) is 0. The Kier molecular flexibility index (Phi) is 2.21. The van der Waals surface area contributed by atoms with Crippen molar-refractivity contribution in [3.63, 3.8) is 0 Å². The van der Waals surface area contributed by atoms with Gasteiger partial charge in [-0.1, -0.05) is 6.07 Å². The molecule has 2 heterocycles. The molecule has 2 aromatic rings. The number of benzene rings is 1. The summed E-state index contributed by atoms with van der Waals surface area (Å²) < 4.78 is 1.76. The predicted molar refractivity (Wildman–Crippen MR) is 65.0 cm³/mol. The molecule has 0 bridgehead atoms. The van der Waals surface area contributed by atoms with Crippen molar-refractivity contribution in [2.75, 3.05) is 5.75 Å². The van der Waals surface area contributed by atoms with Gasteiger partial charge in [0.05, 0.1) is 10.9 Å². The average molecular weight is 236 g/mol. The maximum absolute atomic E-state index is 11.9. The van der Waals surface area contributed by atoms with Crippen LogP contribution in [0.15, 0.2) is 23.0 Å². The Balaban J connectivity index is 2.27. The van der Waals surface area contributed by atoms with E-state index in [4.69, 9.17) is 0 Å². The molecule has 16 heavy (non-hydrogen) atoms. The molecule has 1 aliphatic heterocycles. The number of imidazole rings is 1. The second-order valence-electron chi connectivity index (χ2n) is 3.94. The molecule has 1 aromatic heterocycles. The van der Waals surface area contributed by atoms with E-state index in [1.165, 1.54) is 0 Å². The van der Waals surface area contributed by atoms with Crippen LogP contribution in [0.3, 0.4) is 0 Å². The Morgan fingerprint density at radius 2 is 2.38 bits per heavy atom. The van der Waals surface area contributed by atoms with Gasteiger partial charge in [0.2, 0.25) is 0 Å². The van der Waals surface area contributed by atoms with Crippen molar-refractivity contribution in [2.45, 2.75) is 18.2 Å². The Hall–Kier alpha value is -1.36. The van der Waals surface area contributed by atoms with E-state index in [1.807, 2.05) is 6.07 Å². The summed E-state index contributed by atoms with van der Waals surface area (Å²) in [4.78, 5) is 14.6. The molecule has 4 nitrogen and oxygen atoms in total. The van der Waals surface area contributed by atoms with Crippen molar-refractivity contribution in [3.05, 3.63) is 28.7 Å². The molecule has 1 saturated heterocycles. The highest BCUT2D eigenvalue weighted by Crippen LogP contribution is 2.37. The molecule has 0 saturated carbocycles. The van der Waals surface area contributed by atoms with Crippen molar-refractivity contribution in [3.8, 4) is 5.75 Å². The van der Waals surface area contributed by atoms with Crippen LogP contribution in [0, 0.1) is 0 Å². The van der Waals surface area contributed by atoms with Crippen LogP contribution < -0.4 is 5.69 Å². The number of H-pyrrole nitrogens is 1. The van der Waals surface area contributed by atoms with Crippen LogP contribution in [0.2, 0.25) is 0 Å². The van der Waals surface area contributed by atoms with Gasteiger partial charge in [-0.15, -0.1) is 11.8 Å². The average Bonchev–Trinajstić information content (AvgIpc) is 2.85. The number of phenolic OH excluding ortho intramolecular Hbond substituents is 1. The van der Waals surface area contributed by atoms with E-state index in [0.29, 0.717) is 5.52 Å². The van der Waals surface area contributed by atoms with Crippen LogP contribution in [0.1, 0.15) is 18.2 Å². The summed E-state index contributed by atoms with van der Waals surface area (Å²) in [6, 6.07) is 5.22. The molecule has 1 unspecified atom stereocenters. The van der Waals surface area contributed by atoms with Crippen molar-refractivity contribution in [1.29, 1.82) is 0 Å². The normalized spacial score (nSPS) is 20.6. The fraction of sp³-hybridized carbons (Fsp3) is 0.364. The zero-order valence-corrected chi connectivity index (χ0v) is 9.46. The van der Waals surface area contributed by atoms with Crippen molar-refractivity contribution < 1.29 is 5.11 Å². The first-order valence-corrected chi connectivity index (χ1v) is 6.36. The van der Waals surface area contributed by atoms with E-state index in [0.717, 1.165) is 24.1 Å². The van der Waals surface area contributed by atoms with Crippen LogP contribution in [0.4, 0.5) is 0 Å². The highest BCUT2D eigenvalue weighted by molar-refractivity contribution is 7.99. The molecular weight excluding hydrogens is 224 g/mol. The second-order valence-corrected chi connectivity index (χ2v) is 5.22. The third kappa shape index (κ3) is 1.35. The van der Waals surface area contributed by atoms with Gasteiger partial charge >= 0.3 is 5.69 Å². The monoisotopic (exact) mass is 236 g/mol. The summed E-state index contributed by atoms with van der Waals surface area (Å²) in [5.41, 5.74) is 1.21. The van der Waals surface area contributed by atoms with E-state index in [9.17, 15) is 9.90 Å². The predicted octanol–water partition coefficient (Wildman–Crippen LogP) is 2.06. The summed E-state index contributed by atoms with van der Waals surface area (Å²) in [7, 11) is 0. The third-order valence-electron chi connectivity index (χ3n) is 2.92. The first-order valence-electron chi connectivity index (χ1n) is 5.31. The minimum Gasteiger partial charge on any atom is -0.506 e. The van der Waals surface area contributed by atoms with Gasteiger partial charge in [0.25, 0.3) is 0 Å². The fourth-order valence-electron chi connectivity index (χ4n) is 2.18. The van der Waals surface area contributed by atoms with E-state index in [-0.39, 0.29) is 16.8 Å². The van der Waals surface area contributed by atoms with Gasteiger partial charge in [-0.3, -0.25) is 4.57 Å². The number of hydrogen-bond acceptors (Lipinski definition) is 3. The number of aromatic amines is 1. The Morgan fingerprint density at radius 3 is 3.12 bits per heavy atom. The lowest BCUT2D eigenvalue weighted by Gasteiger charge is -2.10. The van der Waals surface area contributed by atoms with Crippen molar-refractivity contribution in [1.82, 2.24) is 9.55 Å². The number of aromatic nitrogens is 2. The number of fused-ring (bicyclic) bond motifs is 1. The number of para-hydroxylation sites is 1. The van der Waals surface area contributed by atoms with Crippen LogP contribution in [0.25, 0.3) is 11.0 Å². The van der Waals surface area contributed by atoms with Gasteiger partial charge in [-0.05, 0) is 30.7 Å². The first-order chi connectivity index (χ1) is 7.77. The zero-order valence-electron chi connectivity index (χ0n) is 8.64. The summed E-state index contributed by atoms with van der Waals surface area (Å²) in [6.07, 6.45) is 2.17. The van der Waals surface area contributed by atoms with Crippen LogP contribution in [0.5, 0.6) is 5.75 Å². The molecule has 0 aliphatic carbocycles. The minimum atomic E-state index is -0.129. The smallest absolute Gasteiger partial charge is 0.327 e. The van der Waals surface area contributed by atoms with E-state index in [2.05, 4.69) is 4.98 Å². The Morgan fingerprint density at radius 1 is 1.50 bits per heavy atom. The number of aromatic hydroxyl groups is 1. The van der Waals surface area contributed by atoms with Crippen LogP contribution >= 0.6 is 11.8 Å². The number of hydrogen-bond donors (Lipinski definition) is 2. The lowest BCUT2D eigenvalue weighted by molar-refractivity contribution is 0.480. The maximum Gasteiger partial charge on any atom is 0.327 e. The standard InChI is InChI=1S/C11H12N2O2S/c14-8-4-1-3-7-10(8)12-11(15)13(7)9-5-2-6-16-9/h1,3-4,9,14H,2,5-6H2,(H,12,15). The SMILES string of the molecule is O=c1[nH]c2c(O)cccc2n1C1CCCS1. The zero-order chi connectivity index (χ0) is 11.1.